The molecule has 0 bridgehead atoms. The van der Waals surface area contributed by atoms with Crippen molar-refractivity contribution in [2.24, 2.45) is 0 Å². The molecule has 1 saturated heterocycles. The average Bonchev–Trinajstić information content (AvgIpc) is 2.41. The van der Waals surface area contributed by atoms with E-state index in [1.165, 1.54) is 7.11 Å². The van der Waals surface area contributed by atoms with Gasteiger partial charge in [-0.15, -0.1) is 0 Å². The molecule has 0 aromatic carbocycles. The summed E-state index contributed by atoms with van der Waals surface area (Å²) < 4.78 is 10.1. The molecule has 0 aromatic heterocycles. The molecule has 1 aliphatic heterocycles. The van der Waals surface area contributed by atoms with Gasteiger partial charge in [0.1, 0.15) is 6.61 Å². The first-order chi connectivity index (χ1) is 9.31. The topological polar surface area (TPSA) is 59.1 Å². The molecule has 0 aromatic rings. The number of piperazine rings is 1. The fourth-order valence-corrected chi connectivity index (χ4v) is 1.94. The van der Waals surface area contributed by atoms with Crippen LogP contribution in [-0.4, -0.2) is 73.7 Å². The van der Waals surface area contributed by atoms with E-state index in [-0.39, 0.29) is 24.1 Å². The standard InChI is InChI=1S/C14H26N2O4/c1-14(2,3)20-11-12(17)16-9-7-15(8-10-16)6-5-13(18)19-4/h5-11H2,1-4H3. The Kier molecular flexibility index (Phi) is 6.42. The van der Waals surface area contributed by atoms with Gasteiger partial charge in [-0.1, -0.05) is 0 Å². The highest BCUT2D eigenvalue weighted by Gasteiger charge is 2.22. The van der Waals surface area contributed by atoms with Gasteiger partial charge in [-0.05, 0) is 20.8 Å². The zero-order chi connectivity index (χ0) is 15.2. The molecular weight excluding hydrogens is 260 g/mol. The minimum absolute atomic E-state index is 0.0348. The molecule has 0 spiro atoms. The number of hydrogen-bond acceptors (Lipinski definition) is 5. The van der Waals surface area contributed by atoms with Crippen LogP contribution in [0.2, 0.25) is 0 Å². The van der Waals surface area contributed by atoms with Crippen LogP contribution in [-0.2, 0) is 19.1 Å². The zero-order valence-electron chi connectivity index (χ0n) is 13.0. The highest BCUT2D eigenvalue weighted by molar-refractivity contribution is 5.77. The molecule has 1 rings (SSSR count). The lowest BCUT2D eigenvalue weighted by molar-refractivity contribution is -0.144. The molecule has 0 aliphatic carbocycles. The van der Waals surface area contributed by atoms with Gasteiger partial charge in [0.2, 0.25) is 5.91 Å². The summed E-state index contributed by atoms with van der Waals surface area (Å²) in [5.41, 5.74) is -0.294. The molecule has 6 nitrogen and oxygen atoms in total. The van der Waals surface area contributed by atoms with E-state index in [0.29, 0.717) is 26.1 Å². The van der Waals surface area contributed by atoms with Crippen molar-refractivity contribution in [2.75, 3.05) is 46.4 Å². The number of rotatable bonds is 5. The fraction of sp³-hybridized carbons (Fsp3) is 0.857. The second-order valence-electron chi connectivity index (χ2n) is 5.95. The number of ether oxygens (including phenoxy) is 2. The van der Waals surface area contributed by atoms with Gasteiger partial charge >= 0.3 is 5.97 Å². The lowest BCUT2D eigenvalue weighted by Gasteiger charge is -2.35. The van der Waals surface area contributed by atoms with E-state index in [9.17, 15) is 9.59 Å². The van der Waals surface area contributed by atoms with Gasteiger partial charge < -0.3 is 14.4 Å². The highest BCUT2D eigenvalue weighted by atomic mass is 16.5. The van der Waals surface area contributed by atoms with E-state index in [1.807, 2.05) is 25.7 Å². The van der Waals surface area contributed by atoms with E-state index < -0.39 is 0 Å². The van der Waals surface area contributed by atoms with Gasteiger partial charge in [0.05, 0.1) is 19.1 Å². The monoisotopic (exact) mass is 286 g/mol. The van der Waals surface area contributed by atoms with Gasteiger partial charge in [0, 0.05) is 32.7 Å². The lowest BCUT2D eigenvalue weighted by Crippen LogP contribution is -2.50. The molecule has 0 saturated carbocycles. The molecule has 0 radical (unpaired) electrons. The fourth-order valence-electron chi connectivity index (χ4n) is 1.94. The first-order valence-corrected chi connectivity index (χ1v) is 7.03. The van der Waals surface area contributed by atoms with E-state index in [1.54, 1.807) is 0 Å². The molecule has 0 unspecified atom stereocenters. The minimum Gasteiger partial charge on any atom is -0.469 e. The summed E-state index contributed by atoms with van der Waals surface area (Å²) in [6.45, 7) is 9.58. The predicted octanol–water partition coefficient (Wildman–Crippen LogP) is 0.509. The third kappa shape index (κ3) is 6.34. The Hall–Kier alpha value is -1.14. The number of nitrogens with zero attached hydrogens (tertiary/aromatic N) is 2. The first kappa shape index (κ1) is 16.9. The third-order valence-electron chi connectivity index (χ3n) is 3.21. The quantitative estimate of drug-likeness (QED) is 0.689. The lowest BCUT2D eigenvalue weighted by atomic mass is 10.2. The van der Waals surface area contributed by atoms with Gasteiger partial charge in [-0.3, -0.25) is 14.5 Å². The van der Waals surface area contributed by atoms with Crippen LogP contribution in [0.25, 0.3) is 0 Å². The normalized spacial score (nSPS) is 17.1. The van der Waals surface area contributed by atoms with Crippen LogP contribution in [0, 0.1) is 0 Å². The summed E-state index contributed by atoms with van der Waals surface area (Å²) in [6, 6.07) is 0. The molecule has 1 heterocycles. The van der Waals surface area contributed by atoms with Crippen molar-refractivity contribution in [3.8, 4) is 0 Å². The van der Waals surface area contributed by atoms with Crippen LogP contribution in [0.4, 0.5) is 0 Å². The molecule has 20 heavy (non-hydrogen) atoms. The Morgan fingerprint density at radius 3 is 2.20 bits per heavy atom. The van der Waals surface area contributed by atoms with Crippen LogP contribution in [0.15, 0.2) is 0 Å². The second kappa shape index (κ2) is 7.59. The minimum atomic E-state index is -0.294. The predicted molar refractivity (Wildman–Crippen MR) is 75.4 cm³/mol. The molecule has 6 heteroatoms. The number of esters is 1. The maximum Gasteiger partial charge on any atom is 0.306 e. The molecule has 1 aliphatic rings. The largest absolute Gasteiger partial charge is 0.469 e. The summed E-state index contributed by atoms with van der Waals surface area (Å²) >= 11 is 0. The van der Waals surface area contributed by atoms with Crippen molar-refractivity contribution in [3.63, 3.8) is 0 Å². The Morgan fingerprint density at radius 1 is 1.10 bits per heavy atom. The van der Waals surface area contributed by atoms with E-state index >= 15 is 0 Å². The number of carbonyl (C=O) groups is 2. The molecule has 1 amide bonds. The van der Waals surface area contributed by atoms with Crippen molar-refractivity contribution >= 4 is 11.9 Å². The molecule has 0 N–H and O–H groups in total. The molecule has 0 atom stereocenters. The van der Waals surface area contributed by atoms with Crippen molar-refractivity contribution in [1.82, 2.24) is 9.80 Å². The number of amides is 1. The second-order valence-corrected chi connectivity index (χ2v) is 5.95. The summed E-state index contributed by atoms with van der Waals surface area (Å²) in [7, 11) is 1.40. The van der Waals surface area contributed by atoms with E-state index in [0.717, 1.165) is 13.1 Å². The van der Waals surface area contributed by atoms with Crippen LogP contribution in [0.5, 0.6) is 0 Å². The smallest absolute Gasteiger partial charge is 0.306 e. The first-order valence-electron chi connectivity index (χ1n) is 7.03. The summed E-state index contributed by atoms with van der Waals surface area (Å²) in [5.74, 6) is -0.158. The van der Waals surface area contributed by atoms with Crippen molar-refractivity contribution in [1.29, 1.82) is 0 Å². The number of hydrogen-bond donors (Lipinski definition) is 0. The van der Waals surface area contributed by atoms with Crippen molar-refractivity contribution in [3.05, 3.63) is 0 Å². The Balaban J connectivity index is 2.24. The summed E-state index contributed by atoms with van der Waals surface area (Å²) in [4.78, 5) is 27.0. The molecular formula is C14H26N2O4. The summed E-state index contributed by atoms with van der Waals surface area (Å²) in [5, 5.41) is 0. The van der Waals surface area contributed by atoms with Crippen molar-refractivity contribution in [2.45, 2.75) is 32.8 Å². The van der Waals surface area contributed by atoms with E-state index in [4.69, 9.17) is 4.74 Å². The number of carbonyl (C=O) groups excluding carboxylic acids is 2. The average molecular weight is 286 g/mol. The van der Waals surface area contributed by atoms with Crippen LogP contribution in [0.3, 0.4) is 0 Å². The Labute approximate surface area is 121 Å². The van der Waals surface area contributed by atoms with Gasteiger partial charge in [0.25, 0.3) is 0 Å². The van der Waals surface area contributed by atoms with Crippen LogP contribution < -0.4 is 0 Å². The SMILES string of the molecule is COC(=O)CCN1CCN(C(=O)COC(C)(C)C)CC1. The highest BCUT2D eigenvalue weighted by Crippen LogP contribution is 2.08. The van der Waals surface area contributed by atoms with Gasteiger partial charge in [0.15, 0.2) is 0 Å². The maximum absolute atomic E-state index is 12.0. The third-order valence-corrected chi connectivity index (χ3v) is 3.21. The van der Waals surface area contributed by atoms with Gasteiger partial charge in [-0.2, -0.15) is 0 Å². The summed E-state index contributed by atoms with van der Waals surface area (Å²) in [6.07, 6.45) is 0.400. The zero-order valence-corrected chi connectivity index (χ0v) is 13.0. The Bertz CT molecular complexity index is 331. The van der Waals surface area contributed by atoms with Gasteiger partial charge in [-0.25, -0.2) is 0 Å². The number of methoxy groups -OCH3 is 1. The van der Waals surface area contributed by atoms with Crippen LogP contribution in [0.1, 0.15) is 27.2 Å². The maximum atomic E-state index is 12.0. The van der Waals surface area contributed by atoms with E-state index in [2.05, 4.69) is 9.64 Å². The molecule has 116 valence electrons. The Morgan fingerprint density at radius 2 is 1.70 bits per heavy atom. The van der Waals surface area contributed by atoms with Crippen LogP contribution >= 0.6 is 0 Å². The molecule has 1 fully saturated rings. The van der Waals surface area contributed by atoms with Crippen molar-refractivity contribution < 1.29 is 19.1 Å².